The fourth-order valence-corrected chi connectivity index (χ4v) is 1.84. The van der Waals surface area contributed by atoms with Crippen LogP contribution >= 0.6 is 0 Å². The van der Waals surface area contributed by atoms with Gasteiger partial charge in [0.1, 0.15) is 0 Å². The van der Waals surface area contributed by atoms with E-state index in [-0.39, 0.29) is 11.8 Å². The highest BCUT2D eigenvalue weighted by atomic mass is 16.2. The number of amides is 2. The van der Waals surface area contributed by atoms with Gasteiger partial charge in [0, 0.05) is 6.54 Å². The van der Waals surface area contributed by atoms with E-state index in [2.05, 4.69) is 5.73 Å². The van der Waals surface area contributed by atoms with Gasteiger partial charge < -0.3 is 0 Å². The maximum absolute atomic E-state index is 11.9. The van der Waals surface area contributed by atoms with Gasteiger partial charge >= 0.3 is 0 Å². The Balaban J connectivity index is 2.16. The number of rotatable bonds is 3. The zero-order valence-corrected chi connectivity index (χ0v) is 9.64. The summed E-state index contributed by atoms with van der Waals surface area (Å²) in [6.45, 7) is 2.28. The molecule has 17 heavy (non-hydrogen) atoms. The van der Waals surface area contributed by atoms with Gasteiger partial charge in [-0.05, 0) is 37.6 Å². The van der Waals surface area contributed by atoms with Crippen LogP contribution in [0.3, 0.4) is 0 Å². The van der Waals surface area contributed by atoms with Crippen LogP contribution in [0.5, 0.6) is 0 Å². The first-order chi connectivity index (χ1) is 8.25. The molecule has 0 saturated carbocycles. The van der Waals surface area contributed by atoms with E-state index < -0.39 is 0 Å². The molecule has 86 valence electrons. The first-order valence-corrected chi connectivity index (χ1v) is 5.56. The second kappa shape index (κ2) is 4.81. The van der Waals surface area contributed by atoms with Crippen LogP contribution in [0.1, 0.15) is 34.1 Å². The summed E-state index contributed by atoms with van der Waals surface area (Å²) in [7, 11) is 0. The van der Waals surface area contributed by atoms with Crippen LogP contribution < -0.4 is 0 Å². The van der Waals surface area contributed by atoms with Crippen molar-refractivity contribution in [2.24, 2.45) is 0 Å². The highest BCUT2D eigenvalue weighted by Crippen LogP contribution is 2.22. The number of nitrogens with zero attached hydrogens (tertiary/aromatic N) is 1. The van der Waals surface area contributed by atoms with Gasteiger partial charge in [0.15, 0.2) is 0 Å². The maximum Gasteiger partial charge on any atom is 0.261 e. The fourth-order valence-electron chi connectivity index (χ4n) is 1.84. The van der Waals surface area contributed by atoms with E-state index in [0.717, 1.165) is 0 Å². The Bertz CT molecular complexity index is 490. The Morgan fingerprint density at radius 2 is 1.76 bits per heavy atom. The fraction of sp³-hybridized carbons (Fsp3) is 0.214. The molecule has 0 aliphatic carbocycles. The average molecular weight is 227 g/mol. The topological polar surface area (TPSA) is 37.4 Å². The minimum atomic E-state index is -0.195. The standard InChI is InChI=1S/C14H13NO2/c1-2-3-4-7-10-15-13(16)11-8-5-6-9-12(11)14(15)17/h2,4-6,8-9H,7,10H2,1H3. The van der Waals surface area contributed by atoms with Crippen LogP contribution in [0.4, 0.5) is 0 Å². The summed E-state index contributed by atoms with van der Waals surface area (Å²) >= 11 is 0. The molecular formula is C14H13NO2. The Morgan fingerprint density at radius 3 is 2.29 bits per heavy atom. The van der Waals surface area contributed by atoms with Gasteiger partial charge in [-0.1, -0.05) is 12.1 Å². The Morgan fingerprint density at radius 1 is 1.18 bits per heavy atom. The van der Waals surface area contributed by atoms with Crippen LogP contribution in [0, 0.1) is 0 Å². The molecule has 3 heteroatoms. The number of benzene rings is 1. The quantitative estimate of drug-likeness (QED) is 0.587. The molecule has 1 aromatic carbocycles. The number of carbonyl (C=O) groups excluding carboxylic acids is 2. The first-order valence-electron chi connectivity index (χ1n) is 5.56. The van der Waals surface area contributed by atoms with Gasteiger partial charge in [-0.25, -0.2) is 0 Å². The van der Waals surface area contributed by atoms with E-state index in [9.17, 15) is 9.59 Å². The average Bonchev–Trinajstić information content (AvgIpc) is 2.60. The second-order valence-corrected chi connectivity index (χ2v) is 3.76. The molecule has 0 fully saturated rings. The number of fused-ring (bicyclic) bond motifs is 1. The summed E-state index contributed by atoms with van der Waals surface area (Å²) in [6, 6.07) is 6.93. The molecule has 0 N–H and O–H groups in total. The van der Waals surface area contributed by atoms with Crippen molar-refractivity contribution in [2.45, 2.75) is 13.3 Å². The minimum Gasteiger partial charge on any atom is -0.274 e. The lowest BCUT2D eigenvalue weighted by molar-refractivity contribution is 0.0657. The second-order valence-electron chi connectivity index (χ2n) is 3.76. The van der Waals surface area contributed by atoms with E-state index in [1.165, 1.54) is 4.90 Å². The van der Waals surface area contributed by atoms with Crippen LogP contribution in [0.15, 0.2) is 42.1 Å². The van der Waals surface area contributed by atoms with Crippen LogP contribution in [0.2, 0.25) is 0 Å². The number of carbonyl (C=O) groups is 2. The largest absolute Gasteiger partial charge is 0.274 e. The van der Waals surface area contributed by atoms with Crippen molar-refractivity contribution in [3.63, 3.8) is 0 Å². The third kappa shape index (κ3) is 2.05. The molecule has 0 unspecified atom stereocenters. The smallest absolute Gasteiger partial charge is 0.261 e. The SMILES string of the molecule is CC=C=CCCN1C(=O)c2ccccc2C1=O. The predicted molar refractivity (Wildman–Crippen MR) is 64.8 cm³/mol. The van der Waals surface area contributed by atoms with E-state index in [0.29, 0.717) is 24.1 Å². The highest BCUT2D eigenvalue weighted by molar-refractivity contribution is 6.21. The van der Waals surface area contributed by atoms with Crippen molar-refractivity contribution in [1.82, 2.24) is 4.90 Å². The zero-order valence-electron chi connectivity index (χ0n) is 9.64. The van der Waals surface area contributed by atoms with Crippen molar-refractivity contribution in [2.75, 3.05) is 6.54 Å². The highest BCUT2D eigenvalue weighted by Gasteiger charge is 2.34. The summed E-state index contributed by atoms with van der Waals surface area (Å²) in [4.78, 5) is 25.2. The van der Waals surface area contributed by atoms with Crippen molar-refractivity contribution in [3.05, 3.63) is 53.3 Å². The van der Waals surface area contributed by atoms with Gasteiger partial charge in [0.2, 0.25) is 0 Å². The van der Waals surface area contributed by atoms with Crippen molar-refractivity contribution < 1.29 is 9.59 Å². The molecule has 2 amide bonds. The maximum atomic E-state index is 11.9. The Kier molecular flexibility index (Phi) is 3.22. The molecule has 0 radical (unpaired) electrons. The van der Waals surface area contributed by atoms with E-state index >= 15 is 0 Å². The van der Waals surface area contributed by atoms with Crippen molar-refractivity contribution >= 4 is 11.8 Å². The molecule has 0 saturated heterocycles. The van der Waals surface area contributed by atoms with Crippen LogP contribution in [0.25, 0.3) is 0 Å². The predicted octanol–water partition coefficient (Wildman–Crippen LogP) is 2.40. The molecule has 2 rings (SSSR count). The Labute approximate surface area is 100 Å². The zero-order chi connectivity index (χ0) is 12.3. The first kappa shape index (κ1) is 11.4. The Hall–Kier alpha value is -2.12. The molecule has 1 aromatic rings. The van der Waals surface area contributed by atoms with Gasteiger partial charge in [-0.3, -0.25) is 14.5 Å². The summed E-state index contributed by atoms with van der Waals surface area (Å²) in [5.41, 5.74) is 3.94. The van der Waals surface area contributed by atoms with E-state index in [1.807, 2.05) is 13.0 Å². The lowest BCUT2D eigenvalue weighted by Crippen LogP contribution is -2.30. The number of hydrogen-bond donors (Lipinski definition) is 0. The molecule has 0 bridgehead atoms. The lowest BCUT2D eigenvalue weighted by atomic mass is 10.1. The molecule has 0 aromatic heterocycles. The summed E-state index contributed by atoms with van der Waals surface area (Å²) in [5, 5.41) is 0. The van der Waals surface area contributed by atoms with Gasteiger partial charge in [0.25, 0.3) is 11.8 Å². The summed E-state index contributed by atoms with van der Waals surface area (Å²) in [5.74, 6) is -0.390. The lowest BCUT2D eigenvalue weighted by Gasteiger charge is -2.11. The van der Waals surface area contributed by atoms with E-state index in [1.54, 1.807) is 30.3 Å². The third-order valence-electron chi connectivity index (χ3n) is 2.66. The monoisotopic (exact) mass is 227 g/mol. The molecule has 0 atom stereocenters. The molecular weight excluding hydrogens is 214 g/mol. The molecule has 1 aliphatic rings. The molecule has 1 heterocycles. The van der Waals surface area contributed by atoms with Crippen LogP contribution in [-0.4, -0.2) is 23.3 Å². The van der Waals surface area contributed by atoms with Crippen molar-refractivity contribution in [1.29, 1.82) is 0 Å². The van der Waals surface area contributed by atoms with Crippen LogP contribution in [-0.2, 0) is 0 Å². The third-order valence-corrected chi connectivity index (χ3v) is 2.66. The van der Waals surface area contributed by atoms with Gasteiger partial charge in [-0.15, -0.1) is 5.73 Å². The van der Waals surface area contributed by atoms with E-state index in [4.69, 9.17) is 0 Å². The number of imide groups is 1. The van der Waals surface area contributed by atoms with Gasteiger partial charge in [0.05, 0.1) is 11.1 Å². The molecule has 1 aliphatic heterocycles. The number of hydrogen-bond acceptors (Lipinski definition) is 2. The van der Waals surface area contributed by atoms with Crippen molar-refractivity contribution in [3.8, 4) is 0 Å². The normalized spacial score (nSPS) is 13.4. The molecule has 0 spiro atoms. The summed E-state index contributed by atoms with van der Waals surface area (Å²) in [6.07, 6.45) is 4.25. The van der Waals surface area contributed by atoms with Gasteiger partial charge in [-0.2, -0.15) is 0 Å². The summed E-state index contributed by atoms with van der Waals surface area (Å²) < 4.78 is 0. The molecule has 3 nitrogen and oxygen atoms in total. The minimum absolute atomic E-state index is 0.195.